The molecule has 0 fully saturated rings. The van der Waals surface area contributed by atoms with Gasteiger partial charge in [-0.2, -0.15) is 0 Å². The number of aryl methyl sites for hydroxylation is 1. The number of nitrogens with zero attached hydrogens (tertiary/aromatic N) is 1. The Kier molecular flexibility index (Phi) is 5.46. The first kappa shape index (κ1) is 19.0. The minimum Gasteiger partial charge on any atom is -0.486 e. The van der Waals surface area contributed by atoms with E-state index in [0.29, 0.717) is 37.0 Å². The summed E-state index contributed by atoms with van der Waals surface area (Å²) >= 11 is 0. The SMILES string of the molecule is C[C@@H](NC(=O)CCc1ncc(-c2ccc(F)cc2)o1)c1ccc2c(c1)OCCO2. The van der Waals surface area contributed by atoms with E-state index in [1.807, 2.05) is 25.1 Å². The van der Waals surface area contributed by atoms with Gasteiger partial charge in [0.15, 0.2) is 23.1 Å². The number of halogens is 1. The maximum absolute atomic E-state index is 13.0. The van der Waals surface area contributed by atoms with Crippen molar-refractivity contribution in [2.45, 2.75) is 25.8 Å². The summed E-state index contributed by atoms with van der Waals surface area (Å²) in [6.07, 6.45) is 2.21. The van der Waals surface area contributed by atoms with Gasteiger partial charge in [0.25, 0.3) is 0 Å². The Balaban J connectivity index is 1.31. The summed E-state index contributed by atoms with van der Waals surface area (Å²) in [5.74, 6) is 2.02. The minimum atomic E-state index is -0.308. The maximum Gasteiger partial charge on any atom is 0.220 e. The molecule has 7 heteroatoms. The summed E-state index contributed by atoms with van der Waals surface area (Å²) in [5.41, 5.74) is 1.68. The first-order chi connectivity index (χ1) is 14.1. The van der Waals surface area contributed by atoms with Crippen molar-refractivity contribution in [3.63, 3.8) is 0 Å². The number of carbonyl (C=O) groups excluding carboxylic acids is 1. The number of carbonyl (C=O) groups is 1. The van der Waals surface area contributed by atoms with Gasteiger partial charge in [-0.1, -0.05) is 6.07 Å². The van der Waals surface area contributed by atoms with Crippen LogP contribution in [0.2, 0.25) is 0 Å². The van der Waals surface area contributed by atoms with Crippen LogP contribution in [0.5, 0.6) is 11.5 Å². The van der Waals surface area contributed by atoms with E-state index in [1.54, 1.807) is 18.3 Å². The zero-order valence-electron chi connectivity index (χ0n) is 16.0. The number of hydrogen-bond acceptors (Lipinski definition) is 5. The van der Waals surface area contributed by atoms with E-state index in [2.05, 4.69) is 10.3 Å². The highest BCUT2D eigenvalue weighted by Gasteiger charge is 2.16. The van der Waals surface area contributed by atoms with Gasteiger partial charge in [-0.15, -0.1) is 0 Å². The van der Waals surface area contributed by atoms with Crippen molar-refractivity contribution in [1.82, 2.24) is 10.3 Å². The van der Waals surface area contributed by atoms with Crippen LogP contribution in [0.1, 0.15) is 30.8 Å². The molecule has 4 rings (SSSR count). The lowest BCUT2D eigenvalue weighted by Gasteiger charge is -2.21. The average molecular weight is 396 g/mol. The molecule has 150 valence electrons. The molecule has 1 aliphatic rings. The number of amides is 1. The molecule has 0 spiro atoms. The second kappa shape index (κ2) is 8.34. The van der Waals surface area contributed by atoms with E-state index in [0.717, 1.165) is 16.9 Å². The van der Waals surface area contributed by atoms with E-state index in [4.69, 9.17) is 13.9 Å². The lowest BCUT2D eigenvalue weighted by Crippen LogP contribution is -2.27. The van der Waals surface area contributed by atoms with Crippen LogP contribution in [-0.2, 0) is 11.2 Å². The van der Waals surface area contributed by atoms with Gasteiger partial charge in [0.1, 0.15) is 19.0 Å². The number of aromatic nitrogens is 1. The molecule has 0 saturated heterocycles. The molecular weight excluding hydrogens is 375 g/mol. The summed E-state index contributed by atoms with van der Waals surface area (Å²) in [4.78, 5) is 16.5. The Morgan fingerprint density at radius 1 is 1.14 bits per heavy atom. The van der Waals surface area contributed by atoms with Gasteiger partial charge in [0.05, 0.1) is 12.2 Å². The molecule has 1 amide bonds. The number of rotatable bonds is 6. The fourth-order valence-corrected chi connectivity index (χ4v) is 3.12. The predicted octanol–water partition coefficient (Wildman–Crippen LogP) is 4.06. The van der Waals surface area contributed by atoms with E-state index >= 15 is 0 Å². The van der Waals surface area contributed by atoms with Crippen LogP contribution < -0.4 is 14.8 Å². The number of benzene rings is 2. The van der Waals surface area contributed by atoms with Crippen molar-refractivity contribution in [2.75, 3.05) is 13.2 Å². The molecule has 29 heavy (non-hydrogen) atoms. The highest BCUT2D eigenvalue weighted by molar-refractivity contribution is 5.76. The topological polar surface area (TPSA) is 73.6 Å². The van der Waals surface area contributed by atoms with Gasteiger partial charge in [0, 0.05) is 18.4 Å². The number of oxazole rings is 1. The van der Waals surface area contributed by atoms with E-state index in [-0.39, 0.29) is 24.2 Å². The lowest BCUT2D eigenvalue weighted by atomic mass is 10.1. The Labute approximate surface area is 167 Å². The molecule has 6 nitrogen and oxygen atoms in total. The lowest BCUT2D eigenvalue weighted by molar-refractivity contribution is -0.121. The fraction of sp³-hybridized carbons (Fsp3) is 0.273. The first-order valence-electron chi connectivity index (χ1n) is 9.48. The summed E-state index contributed by atoms with van der Waals surface area (Å²) in [7, 11) is 0. The Bertz CT molecular complexity index is 1000. The van der Waals surface area contributed by atoms with Crippen molar-refractivity contribution in [2.24, 2.45) is 0 Å². The molecule has 2 heterocycles. The summed E-state index contributed by atoms with van der Waals surface area (Å²) in [5, 5.41) is 2.97. The molecule has 1 aliphatic heterocycles. The van der Waals surface area contributed by atoms with Crippen LogP contribution in [-0.4, -0.2) is 24.1 Å². The van der Waals surface area contributed by atoms with Crippen molar-refractivity contribution in [3.8, 4) is 22.8 Å². The molecule has 0 radical (unpaired) electrons. The second-order valence-corrected chi connectivity index (χ2v) is 6.82. The maximum atomic E-state index is 13.0. The summed E-state index contributed by atoms with van der Waals surface area (Å²) in [6.45, 7) is 2.98. The first-order valence-corrected chi connectivity index (χ1v) is 9.48. The van der Waals surface area contributed by atoms with Crippen molar-refractivity contribution < 1.29 is 23.1 Å². The zero-order valence-corrected chi connectivity index (χ0v) is 16.0. The third kappa shape index (κ3) is 4.56. The van der Waals surface area contributed by atoms with Gasteiger partial charge >= 0.3 is 0 Å². The number of hydrogen-bond donors (Lipinski definition) is 1. The summed E-state index contributed by atoms with van der Waals surface area (Å²) in [6, 6.07) is 11.5. The number of nitrogens with one attached hydrogen (secondary N) is 1. The number of ether oxygens (including phenoxy) is 2. The van der Waals surface area contributed by atoms with Crippen LogP contribution in [0, 0.1) is 5.82 Å². The van der Waals surface area contributed by atoms with Gasteiger partial charge < -0.3 is 19.2 Å². The van der Waals surface area contributed by atoms with Crippen LogP contribution >= 0.6 is 0 Å². The normalized spacial score (nSPS) is 13.7. The smallest absolute Gasteiger partial charge is 0.220 e. The summed E-state index contributed by atoms with van der Waals surface area (Å²) < 4.78 is 29.8. The minimum absolute atomic E-state index is 0.103. The Morgan fingerprint density at radius 2 is 1.90 bits per heavy atom. The molecule has 0 saturated carbocycles. The highest BCUT2D eigenvalue weighted by atomic mass is 19.1. The number of fused-ring (bicyclic) bond motifs is 1. The van der Waals surface area contributed by atoms with Gasteiger partial charge in [-0.3, -0.25) is 4.79 Å². The Hall–Kier alpha value is -3.35. The highest BCUT2D eigenvalue weighted by Crippen LogP contribution is 2.32. The Morgan fingerprint density at radius 3 is 2.69 bits per heavy atom. The van der Waals surface area contributed by atoms with Crippen LogP contribution in [0.25, 0.3) is 11.3 Å². The van der Waals surface area contributed by atoms with E-state index < -0.39 is 0 Å². The monoisotopic (exact) mass is 396 g/mol. The molecule has 0 aliphatic carbocycles. The fourth-order valence-electron chi connectivity index (χ4n) is 3.12. The quantitative estimate of drug-likeness (QED) is 0.680. The van der Waals surface area contributed by atoms with Crippen molar-refractivity contribution >= 4 is 5.91 Å². The molecule has 3 aromatic rings. The third-order valence-corrected chi connectivity index (χ3v) is 4.69. The van der Waals surface area contributed by atoms with Crippen LogP contribution in [0.4, 0.5) is 4.39 Å². The third-order valence-electron chi connectivity index (χ3n) is 4.69. The van der Waals surface area contributed by atoms with Gasteiger partial charge in [-0.25, -0.2) is 9.37 Å². The average Bonchev–Trinajstić information content (AvgIpc) is 3.21. The van der Waals surface area contributed by atoms with Gasteiger partial charge in [0.2, 0.25) is 5.91 Å². The predicted molar refractivity (Wildman–Crippen MR) is 104 cm³/mol. The molecule has 0 unspecified atom stereocenters. The standard InChI is InChI=1S/C22H21FN2O4/c1-14(16-4-7-18-19(12-16)28-11-10-27-18)25-21(26)8-9-22-24-13-20(29-22)15-2-5-17(23)6-3-15/h2-7,12-14H,8-11H2,1H3,(H,25,26)/t14-/m1/s1. The zero-order chi connectivity index (χ0) is 20.2. The largest absolute Gasteiger partial charge is 0.486 e. The van der Waals surface area contributed by atoms with Crippen LogP contribution in [0.3, 0.4) is 0 Å². The van der Waals surface area contributed by atoms with Gasteiger partial charge in [-0.05, 0) is 48.9 Å². The van der Waals surface area contributed by atoms with Crippen molar-refractivity contribution in [1.29, 1.82) is 0 Å². The van der Waals surface area contributed by atoms with Crippen LogP contribution in [0.15, 0.2) is 53.1 Å². The van der Waals surface area contributed by atoms with Crippen molar-refractivity contribution in [3.05, 3.63) is 65.9 Å². The molecule has 1 N–H and O–H groups in total. The second-order valence-electron chi connectivity index (χ2n) is 6.82. The molecule has 2 aromatic carbocycles. The molecule has 1 atom stereocenters. The molecule has 0 bridgehead atoms. The molecule has 1 aromatic heterocycles. The van der Waals surface area contributed by atoms with E-state index in [9.17, 15) is 9.18 Å². The molecular formula is C22H21FN2O4. The van der Waals surface area contributed by atoms with E-state index in [1.165, 1.54) is 12.1 Å².